The molecule has 0 amide bonds. The van der Waals surface area contributed by atoms with E-state index in [0.717, 1.165) is 25.9 Å². The molecule has 0 bridgehead atoms. The SMILES string of the molecule is CCc1cc(Br)cc2c3c([nH]c12)CCNC3.Cl. The van der Waals surface area contributed by atoms with Crippen LogP contribution in [0.4, 0.5) is 0 Å². The molecule has 4 heteroatoms. The van der Waals surface area contributed by atoms with Crippen LogP contribution in [0.15, 0.2) is 16.6 Å². The minimum absolute atomic E-state index is 0. The number of hydrogen-bond acceptors (Lipinski definition) is 1. The molecule has 0 saturated heterocycles. The maximum Gasteiger partial charge on any atom is 0.0492 e. The highest BCUT2D eigenvalue weighted by Gasteiger charge is 2.16. The van der Waals surface area contributed by atoms with E-state index in [0.29, 0.717) is 0 Å². The van der Waals surface area contributed by atoms with Gasteiger partial charge in [0.15, 0.2) is 0 Å². The van der Waals surface area contributed by atoms with Crippen molar-refractivity contribution in [1.82, 2.24) is 10.3 Å². The summed E-state index contributed by atoms with van der Waals surface area (Å²) < 4.78 is 1.18. The van der Waals surface area contributed by atoms with Gasteiger partial charge in [-0.2, -0.15) is 0 Å². The van der Waals surface area contributed by atoms with Crippen LogP contribution in [0.1, 0.15) is 23.7 Å². The molecule has 92 valence electrons. The monoisotopic (exact) mass is 314 g/mol. The lowest BCUT2D eigenvalue weighted by molar-refractivity contribution is 0.641. The highest BCUT2D eigenvalue weighted by Crippen LogP contribution is 2.30. The second kappa shape index (κ2) is 5.01. The van der Waals surface area contributed by atoms with Crippen LogP contribution in [0, 0.1) is 0 Å². The largest absolute Gasteiger partial charge is 0.358 e. The smallest absolute Gasteiger partial charge is 0.0492 e. The van der Waals surface area contributed by atoms with Crippen LogP contribution in [0.5, 0.6) is 0 Å². The lowest BCUT2D eigenvalue weighted by atomic mass is 10.0. The zero-order valence-corrected chi connectivity index (χ0v) is 12.2. The van der Waals surface area contributed by atoms with Crippen LogP contribution in [-0.4, -0.2) is 11.5 Å². The van der Waals surface area contributed by atoms with Crippen LogP contribution in [0.2, 0.25) is 0 Å². The fourth-order valence-corrected chi connectivity index (χ4v) is 3.06. The van der Waals surface area contributed by atoms with Crippen molar-refractivity contribution in [3.63, 3.8) is 0 Å². The standard InChI is InChI=1S/C13H15BrN2.ClH/c1-2-8-5-9(14)6-10-11-7-15-4-3-12(11)16-13(8)10;/h5-6,15-16H,2-4,7H2,1H3;1H. The van der Waals surface area contributed by atoms with Gasteiger partial charge in [0.25, 0.3) is 0 Å². The number of aromatic nitrogens is 1. The number of rotatable bonds is 1. The van der Waals surface area contributed by atoms with E-state index in [9.17, 15) is 0 Å². The zero-order chi connectivity index (χ0) is 11.1. The Balaban J connectivity index is 0.00000108. The molecule has 0 aliphatic carbocycles. The molecule has 2 aromatic rings. The second-order valence-electron chi connectivity index (χ2n) is 4.35. The van der Waals surface area contributed by atoms with Gasteiger partial charge < -0.3 is 10.3 Å². The van der Waals surface area contributed by atoms with Crippen molar-refractivity contribution in [1.29, 1.82) is 0 Å². The van der Waals surface area contributed by atoms with Crippen molar-refractivity contribution in [3.8, 4) is 0 Å². The normalized spacial score (nSPS) is 14.5. The minimum atomic E-state index is 0. The molecule has 2 nitrogen and oxygen atoms in total. The van der Waals surface area contributed by atoms with Crippen molar-refractivity contribution < 1.29 is 0 Å². The molecule has 0 atom stereocenters. The fourth-order valence-electron chi connectivity index (χ4n) is 2.56. The number of H-pyrrole nitrogens is 1. The van der Waals surface area contributed by atoms with Crippen molar-refractivity contribution in [2.45, 2.75) is 26.3 Å². The molecule has 0 fully saturated rings. The third-order valence-corrected chi connectivity index (χ3v) is 3.84. The summed E-state index contributed by atoms with van der Waals surface area (Å²) in [7, 11) is 0. The average molecular weight is 316 g/mol. The maximum absolute atomic E-state index is 3.60. The molecular formula is C13H16BrClN2. The highest BCUT2D eigenvalue weighted by atomic mass is 79.9. The van der Waals surface area contributed by atoms with E-state index in [-0.39, 0.29) is 12.4 Å². The summed E-state index contributed by atoms with van der Waals surface area (Å²) in [6.07, 6.45) is 2.19. The number of nitrogens with one attached hydrogen (secondary N) is 2. The predicted octanol–water partition coefficient (Wildman–Crippen LogP) is 3.56. The molecule has 0 spiro atoms. The van der Waals surface area contributed by atoms with Gasteiger partial charge in [-0.05, 0) is 29.7 Å². The van der Waals surface area contributed by atoms with E-state index >= 15 is 0 Å². The van der Waals surface area contributed by atoms with Gasteiger partial charge in [-0.3, -0.25) is 0 Å². The summed E-state index contributed by atoms with van der Waals surface area (Å²) in [5.74, 6) is 0. The summed E-state index contributed by atoms with van der Waals surface area (Å²) in [6.45, 7) is 4.29. The number of hydrogen-bond donors (Lipinski definition) is 2. The van der Waals surface area contributed by atoms with Gasteiger partial charge >= 0.3 is 0 Å². The van der Waals surface area contributed by atoms with Crippen molar-refractivity contribution in [2.24, 2.45) is 0 Å². The van der Waals surface area contributed by atoms with E-state index in [1.807, 2.05) is 0 Å². The van der Waals surface area contributed by atoms with Gasteiger partial charge in [-0.15, -0.1) is 12.4 Å². The van der Waals surface area contributed by atoms with E-state index in [1.165, 1.54) is 32.2 Å². The lowest BCUT2D eigenvalue weighted by Gasteiger charge is -2.12. The van der Waals surface area contributed by atoms with Crippen molar-refractivity contribution in [3.05, 3.63) is 33.4 Å². The number of aryl methyl sites for hydroxylation is 1. The Kier molecular flexibility index (Phi) is 3.81. The number of benzene rings is 1. The molecule has 0 radical (unpaired) electrons. The molecule has 0 saturated carbocycles. The average Bonchev–Trinajstić information content (AvgIpc) is 2.67. The minimum Gasteiger partial charge on any atom is -0.358 e. The Labute approximate surface area is 116 Å². The second-order valence-corrected chi connectivity index (χ2v) is 5.27. The van der Waals surface area contributed by atoms with Gasteiger partial charge in [0.05, 0.1) is 0 Å². The van der Waals surface area contributed by atoms with Crippen LogP contribution < -0.4 is 5.32 Å². The van der Waals surface area contributed by atoms with Crippen molar-refractivity contribution in [2.75, 3.05) is 6.54 Å². The molecule has 1 aromatic carbocycles. The number of aromatic amines is 1. The zero-order valence-electron chi connectivity index (χ0n) is 9.77. The third kappa shape index (κ3) is 2.12. The lowest BCUT2D eigenvalue weighted by Crippen LogP contribution is -2.22. The van der Waals surface area contributed by atoms with Gasteiger partial charge in [0.2, 0.25) is 0 Å². The Morgan fingerprint density at radius 2 is 2.18 bits per heavy atom. The summed E-state index contributed by atoms with van der Waals surface area (Å²) >= 11 is 3.60. The van der Waals surface area contributed by atoms with Crippen LogP contribution in [-0.2, 0) is 19.4 Å². The fraction of sp³-hybridized carbons (Fsp3) is 0.385. The first-order valence-electron chi connectivity index (χ1n) is 5.82. The van der Waals surface area contributed by atoms with Crippen LogP contribution in [0.3, 0.4) is 0 Å². The van der Waals surface area contributed by atoms with Crippen LogP contribution in [0.25, 0.3) is 10.9 Å². The topological polar surface area (TPSA) is 27.8 Å². The third-order valence-electron chi connectivity index (χ3n) is 3.38. The molecular weight excluding hydrogens is 300 g/mol. The Bertz CT molecular complexity index is 548. The Morgan fingerprint density at radius 1 is 1.35 bits per heavy atom. The van der Waals surface area contributed by atoms with E-state index < -0.39 is 0 Å². The number of fused-ring (bicyclic) bond motifs is 3. The summed E-state index contributed by atoms with van der Waals surface area (Å²) in [5.41, 5.74) is 5.61. The van der Waals surface area contributed by atoms with Crippen molar-refractivity contribution >= 4 is 39.2 Å². The Morgan fingerprint density at radius 3 is 2.94 bits per heavy atom. The molecule has 2 heterocycles. The van der Waals surface area contributed by atoms with E-state index in [1.54, 1.807) is 0 Å². The number of halogens is 2. The van der Waals surface area contributed by atoms with Gasteiger partial charge in [-0.1, -0.05) is 22.9 Å². The van der Waals surface area contributed by atoms with Gasteiger partial charge in [0.1, 0.15) is 0 Å². The maximum atomic E-state index is 3.60. The summed E-state index contributed by atoms with van der Waals surface area (Å²) in [5, 5.41) is 4.82. The first kappa shape index (κ1) is 12.9. The Hall–Kier alpha value is -0.510. The molecule has 1 aromatic heterocycles. The van der Waals surface area contributed by atoms with E-state index in [4.69, 9.17) is 0 Å². The van der Waals surface area contributed by atoms with Crippen LogP contribution >= 0.6 is 28.3 Å². The molecule has 17 heavy (non-hydrogen) atoms. The first-order chi connectivity index (χ1) is 7.79. The molecule has 0 unspecified atom stereocenters. The molecule has 2 N–H and O–H groups in total. The molecule has 1 aliphatic heterocycles. The van der Waals surface area contributed by atoms with Gasteiger partial charge in [0, 0.05) is 40.6 Å². The summed E-state index contributed by atoms with van der Waals surface area (Å²) in [6, 6.07) is 4.45. The molecule has 3 rings (SSSR count). The predicted molar refractivity (Wildman–Crippen MR) is 78.0 cm³/mol. The highest BCUT2D eigenvalue weighted by molar-refractivity contribution is 9.10. The molecule has 1 aliphatic rings. The quantitative estimate of drug-likeness (QED) is 0.827. The van der Waals surface area contributed by atoms with Gasteiger partial charge in [-0.25, -0.2) is 0 Å². The summed E-state index contributed by atoms with van der Waals surface area (Å²) in [4.78, 5) is 3.60. The van der Waals surface area contributed by atoms with E-state index in [2.05, 4.69) is 45.3 Å². The first-order valence-corrected chi connectivity index (χ1v) is 6.61.